The Morgan fingerprint density at radius 3 is 1.59 bits per heavy atom. The van der Waals surface area contributed by atoms with Gasteiger partial charge in [0.05, 0.1) is 0 Å². The van der Waals surface area contributed by atoms with Crippen LogP contribution in [0.4, 0.5) is 0 Å². The molecule has 54 heavy (non-hydrogen) atoms. The van der Waals surface area contributed by atoms with E-state index in [1.165, 1.54) is 71.1 Å². The summed E-state index contributed by atoms with van der Waals surface area (Å²) < 4.78 is 5.78. The SMILES string of the molecule is Cl.Cl.[CH2]=[Ti]([C]1=CC=CC1)([c]1ccc(C)cc1)([c]1ccc(C)cc1)[c]1c(C(C)(C)c2ccccc2)ccc2c1Cc1cc(C(C)(C)c3ccccc3)ccc1-2. The van der Waals surface area contributed by atoms with Gasteiger partial charge in [-0.2, -0.15) is 0 Å². The van der Waals surface area contributed by atoms with Crippen LogP contribution >= 0.6 is 24.8 Å². The molecule has 6 aromatic carbocycles. The molecule has 0 radical (unpaired) electrons. The quantitative estimate of drug-likeness (QED) is 0.135. The van der Waals surface area contributed by atoms with Crippen molar-refractivity contribution in [1.82, 2.24) is 0 Å². The third-order valence-electron chi connectivity index (χ3n) is 12.9. The minimum absolute atomic E-state index is 0. The summed E-state index contributed by atoms with van der Waals surface area (Å²) in [6, 6.07) is 53.3. The van der Waals surface area contributed by atoms with Gasteiger partial charge in [0.2, 0.25) is 0 Å². The molecule has 6 aromatic rings. The Bertz CT molecular complexity index is 2400. The van der Waals surface area contributed by atoms with Crippen molar-refractivity contribution in [1.29, 1.82) is 0 Å². The van der Waals surface area contributed by atoms with Crippen LogP contribution in [0.3, 0.4) is 0 Å². The van der Waals surface area contributed by atoms with Crippen LogP contribution in [-0.4, -0.2) is 4.82 Å². The molecule has 0 fully saturated rings. The zero-order chi connectivity index (χ0) is 36.3. The molecule has 0 aromatic heterocycles. The first-order valence-corrected chi connectivity index (χ1v) is 23.1. The first-order chi connectivity index (χ1) is 24.9. The molecule has 0 amide bonds. The van der Waals surface area contributed by atoms with E-state index in [1.54, 1.807) is 0 Å². The second-order valence-corrected chi connectivity index (χ2v) is 24.7. The van der Waals surface area contributed by atoms with Crippen molar-refractivity contribution in [3.05, 3.63) is 206 Å². The van der Waals surface area contributed by atoms with Gasteiger partial charge in [0.15, 0.2) is 0 Å². The molecular weight excluding hydrogens is 731 g/mol. The Morgan fingerprint density at radius 2 is 1.07 bits per heavy atom. The zero-order valence-corrected chi connectivity index (χ0v) is 35.6. The van der Waals surface area contributed by atoms with Crippen LogP contribution in [-0.2, 0) is 32.1 Å². The third-order valence-corrected chi connectivity index (χ3v) is 23.3. The van der Waals surface area contributed by atoms with Gasteiger partial charge < -0.3 is 0 Å². The van der Waals surface area contributed by atoms with Crippen LogP contribution in [0.15, 0.2) is 162 Å². The summed E-state index contributed by atoms with van der Waals surface area (Å²) in [6.07, 6.45) is 8.88. The van der Waals surface area contributed by atoms with Crippen molar-refractivity contribution in [2.75, 3.05) is 0 Å². The van der Waals surface area contributed by atoms with Crippen LogP contribution in [0.5, 0.6) is 0 Å². The Morgan fingerprint density at radius 1 is 0.556 bits per heavy atom. The molecule has 0 unspecified atom stereocenters. The fourth-order valence-electron chi connectivity index (χ4n) is 9.53. The molecule has 0 bridgehead atoms. The van der Waals surface area contributed by atoms with Crippen molar-refractivity contribution < 1.29 is 14.8 Å². The van der Waals surface area contributed by atoms with E-state index in [9.17, 15) is 0 Å². The Balaban J connectivity index is 0.00000249. The number of aryl methyl sites for hydroxylation is 2. The molecule has 0 nitrogen and oxygen atoms in total. The summed E-state index contributed by atoms with van der Waals surface area (Å²) in [5, 5.41) is 0. The second-order valence-electron chi connectivity index (χ2n) is 16.6. The average molecular weight is 784 g/mol. The molecule has 0 saturated heterocycles. The molecule has 0 spiro atoms. The van der Waals surface area contributed by atoms with Crippen LogP contribution in [0, 0.1) is 13.8 Å². The van der Waals surface area contributed by atoms with Crippen LogP contribution in [0.2, 0.25) is 0 Å². The van der Waals surface area contributed by atoms with Gasteiger partial charge in [0, 0.05) is 0 Å². The van der Waals surface area contributed by atoms with Gasteiger partial charge in [-0.3, -0.25) is 0 Å². The summed E-state index contributed by atoms with van der Waals surface area (Å²) in [4.78, 5) is 5.84. The van der Waals surface area contributed by atoms with E-state index in [1.807, 2.05) is 0 Å². The molecule has 0 heterocycles. The Kier molecular flexibility index (Phi) is 10.7. The molecular formula is C51H52Cl2Ti. The molecule has 2 aliphatic carbocycles. The van der Waals surface area contributed by atoms with Crippen LogP contribution in [0.25, 0.3) is 11.1 Å². The Hall–Kier alpha value is -4.04. The normalized spacial score (nSPS) is 13.7. The number of halogens is 2. The van der Waals surface area contributed by atoms with Gasteiger partial charge in [-0.15, -0.1) is 24.8 Å². The second kappa shape index (κ2) is 14.6. The first kappa shape index (κ1) is 39.7. The maximum atomic E-state index is 5.84. The molecule has 0 atom stereocenters. The van der Waals surface area contributed by atoms with Crippen LogP contribution < -0.4 is 11.6 Å². The standard InChI is InChI=1S/C31H29.2C7H7.C5H5.CH2.2ClH.Ti/c1-30(2,24-11-7-5-8-12-24)26-15-17-28-22(20-26)19-23-21-27(16-18-29(23)28)31(3,4)25-13-9-6-10-14-25;2*1-7-5-3-2-4-6-7;1-2-4-5-3-1;;;;/h5-18,20H,19H2,1-4H3;2*3-6H,1H3;1-3H,4H2;1H2;2*1H;. The van der Waals surface area contributed by atoms with Gasteiger partial charge in [0.1, 0.15) is 0 Å². The number of fused-ring (bicyclic) bond motifs is 3. The number of allylic oxidation sites excluding steroid dienone is 4. The molecule has 274 valence electrons. The predicted octanol–water partition coefficient (Wildman–Crippen LogP) is 11.6. The van der Waals surface area contributed by atoms with Gasteiger partial charge in [0.25, 0.3) is 0 Å². The summed E-state index contributed by atoms with van der Waals surface area (Å²) in [5.41, 5.74) is 13.2. The topological polar surface area (TPSA) is 0 Å². The summed E-state index contributed by atoms with van der Waals surface area (Å²) in [5.74, 6) is 0. The van der Waals surface area contributed by atoms with Crippen LogP contribution in [0.1, 0.15) is 78.6 Å². The first-order valence-electron chi connectivity index (χ1n) is 18.9. The average Bonchev–Trinajstić information content (AvgIpc) is 3.85. The number of rotatable bonds is 8. The molecule has 3 heteroatoms. The van der Waals surface area contributed by atoms with E-state index >= 15 is 0 Å². The van der Waals surface area contributed by atoms with Gasteiger partial charge >= 0.3 is 314 Å². The van der Waals surface area contributed by atoms with E-state index in [0.29, 0.717) is 0 Å². The number of hydrogen-bond donors (Lipinski definition) is 0. The fourth-order valence-corrected chi connectivity index (χ4v) is 20.0. The monoisotopic (exact) mass is 782 g/mol. The van der Waals surface area contributed by atoms with E-state index in [4.69, 9.17) is 4.82 Å². The maximum absolute atomic E-state index is 5.84. The molecule has 0 aliphatic heterocycles. The number of benzene rings is 6. The van der Waals surface area contributed by atoms with E-state index in [2.05, 4.69) is 199 Å². The van der Waals surface area contributed by atoms with Gasteiger partial charge in [-0.1, -0.05) is 0 Å². The van der Waals surface area contributed by atoms with Crippen molar-refractivity contribution >= 4 is 41.2 Å². The fraction of sp³-hybridized carbons (Fsp3) is 0.196. The minimum atomic E-state index is -4.71. The van der Waals surface area contributed by atoms with Crippen molar-refractivity contribution in [2.45, 2.75) is 65.2 Å². The van der Waals surface area contributed by atoms with E-state index in [0.717, 1.165) is 12.8 Å². The molecule has 0 N–H and O–H groups in total. The zero-order valence-electron chi connectivity index (χ0n) is 32.4. The van der Waals surface area contributed by atoms with Gasteiger partial charge in [-0.05, 0) is 0 Å². The van der Waals surface area contributed by atoms with E-state index in [-0.39, 0.29) is 35.6 Å². The summed E-state index contributed by atoms with van der Waals surface area (Å²) in [6.45, 7) is 14.0. The van der Waals surface area contributed by atoms with Gasteiger partial charge in [-0.25, -0.2) is 0 Å². The third kappa shape index (κ3) is 5.98. The summed E-state index contributed by atoms with van der Waals surface area (Å²) >= 11 is -4.71. The molecule has 2 aliphatic rings. The molecule has 8 rings (SSSR count). The molecule has 0 saturated carbocycles. The number of hydrogen-bond acceptors (Lipinski definition) is 0. The van der Waals surface area contributed by atoms with Crippen molar-refractivity contribution in [3.63, 3.8) is 0 Å². The summed E-state index contributed by atoms with van der Waals surface area (Å²) in [7, 11) is 0. The van der Waals surface area contributed by atoms with Crippen molar-refractivity contribution in [3.8, 4) is 11.1 Å². The Labute approximate surface area is 336 Å². The van der Waals surface area contributed by atoms with Crippen molar-refractivity contribution in [2.24, 2.45) is 0 Å². The predicted molar refractivity (Wildman–Crippen MR) is 237 cm³/mol. The van der Waals surface area contributed by atoms with E-state index < -0.39 is 14.8 Å².